The lowest BCUT2D eigenvalue weighted by molar-refractivity contribution is -0.145. The van der Waals surface area contributed by atoms with Gasteiger partial charge in [-0.3, -0.25) is 9.52 Å². The van der Waals surface area contributed by atoms with Gasteiger partial charge in [-0.25, -0.2) is 19.3 Å². The summed E-state index contributed by atoms with van der Waals surface area (Å²) in [5.74, 6) is -0.459. The molecule has 1 heterocycles. The molecule has 0 amide bonds. The molecule has 1 fully saturated rings. The molecule has 0 aliphatic carbocycles. The van der Waals surface area contributed by atoms with Crippen LogP contribution in [-0.4, -0.2) is 32.4 Å². The molecule has 2 atom stereocenters. The minimum absolute atomic E-state index is 0.110. The number of carbonyl (C=O) groups excluding carboxylic acids is 1. The van der Waals surface area contributed by atoms with Gasteiger partial charge in [0, 0.05) is 6.42 Å². The number of sulfonamides is 1. The van der Waals surface area contributed by atoms with Gasteiger partial charge in [-0.2, -0.15) is 0 Å². The van der Waals surface area contributed by atoms with E-state index in [-0.39, 0.29) is 13.0 Å². The first-order valence-electron chi connectivity index (χ1n) is 7.10. The van der Waals surface area contributed by atoms with E-state index in [2.05, 4.69) is 15.6 Å². The molecule has 0 spiro atoms. The molecule has 0 aromatic heterocycles. The van der Waals surface area contributed by atoms with Gasteiger partial charge in [-0.05, 0) is 38.0 Å². The summed E-state index contributed by atoms with van der Waals surface area (Å²) in [5.41, 5.74) is 7.72. The van der Waals surface area contributed by atoms with Crippen molar-refractivity contribution in [1.82, 2.24) is 10.9 Å². The second kappa shape index (κ2) is 6.64. The molecular formula is C14H21N3O4S. The predicted molar refractivity (Wildman–Crippen MR) is 83.6 cm³/mol. The van der Waals surface area contributed by atoms with Crippen LogP contribution in [0.2, 0.25) is 0 Å². The molecule has 122 valence electrons. The first-order chi connectivity index (χ1) is 10.3. The Morgan fingerprint density at radius 1 is 1.36 bits per heavy atom. The minimum Gasteiger partial charge on any atom is -0.465 e. The van der Waals surface area contributed by atoms with Gasteiger partial charge in [-0.15, -0.1) is 0 Å². The maximum absolute atomic E-state index is 12.4. The first kappa shape index (κ1) is 16.7. The fourth-order valence-electron chi connectivity index (χ4n) is 2.21. The third-order valence-electron chi connectivity index (χ3n) is 3.67. The Labute approximate surface area is 130 Å². The molecule has 8 heteroatoms. The Balaban J connectivity index is 2.09. The Kier molecular flexibility index (Phi) is 5.05. The molecule has 0 bridgehead atoms. The van der Waals surface area contributed by atoms with E-state index in [4.69, 9.17) is 4.74 Å². The van der Waals surface area contributed by atoms with E-state index < -0.39 is 27.4 Å². The molecular weight excluding hydrogens is 306 g/mol. The number of benzene rings is 1. The highest BCUT2D eigenvalue weighted by Crippen LogP contribution is 2.22. The van der Waals surface area contributed by atoms with Crippen LogP contribution in [-0.2, 0) is 19.6 Å². The van der Waals surface area contributed by atoms with Crippen molar-refractivity contribution in [3.05, 3.63) is 29.3 Å². The summed E-state index contributed by atoms with van der Waals surface area (Å²) >= 11 is 0. The number of esters is 1. The summed E-state index contributed by atoms with van der Waals surface area (Å²) in [6.07, 6.45) is 0.110. The number of hydrogen-bond acceptors (Lipinski definition) is 6. The van der Waals surface area contributed by atoms with Gasteiger partial charge in [0.05, 0.1) is 12.3 Å². The van der Waals surface area contributed by atoms with Crippen molar-refractivity contribution < 1.29 is 17.9 Å². The lowest BCUT2D eigenvalue weighted by atomic mass is 10.1. The van der Waals surface area contributed by atoms with Gasteiger partial charge in [0.25, 0.3) is 0 Å². The lowest BCUT2D eigenvalue weighted by Gasteiger charge is -2.15. The van der Waals surface area contributed by atoms with Gasteiger partial charge in [-0.1, -0.05) is 12.1 Å². The number of ether oxygens (including phenoxy) is 1. The van der Waals surface area contributed by atoms with E-state index in [0.717, 1.165) is 11.1 Å². The topological polar surface area (TPSA) is 96.5 Å². The van der Waals surface area contributed by atoms with Crippen LogP contribution in [0.4, 0.5) is 5.69 Å². The number of hydrazine groups is 1. The van der Waals surface area contributed by atoms with Crippen LogP contribution in [0, 0.1) is 13.8 Å². The fourth-order valence-corrected chi connectivity index (χ4v) is 3.55. The van der Waals surface area contributed by atoms with Crippen molar-refractivity contribution in [3.8, 4) is 0 Å². The molecule has 2 rings (SSSR count). The molecule has 2 unspecified atom stereocenters. The van der Waals surface area contributed by atoms with Crippen LogP contribution < -0.4 is 15.6 Å². The standard InChI is InChI=1S/C14H21N3O4S/c1-4-21-14(18)12-8-13(16-15-12)22(19,20)17-11-7-5-6-9(2)10(11)3/h5-7,12-13,15-17H,4,8H2,1-3H3. The minimum atomic E-state index is -3.67. The van der Waals surface area contributed by atoms with Crippen LogP contribution in [0.1, 0.15) is 24.5 Å². The van der Waals surface area contributed by atoms with Crippen LogP contribution in [0.15, 0.2) is 18.2 Å². The summed E-state index contributed by atoms with van der Waals surface area (Å²) in [6.45, 7) is 5.74. The molecule has 1 aliphatic heterocycles. The second-order valence-corrected chi connectivity index (χ2v) is 7.08. The van der Waals surface area contributed by atoms with Crippen molar-refractivity contribution >= 4 is 21.7 Å². The highest BCUT2D eigenvalue weighted by atomic mass is 32.2. The summed E-state index contributed by atoms with van der Waals surface area (Å²) in [7, 11) is -3.67. The number of aryl methyl sites for hydroxylation is 1. The van der Waals surface area contributed by atoms with Crippen molar-refractivity contribution in [1.29, 1.82) is 0 Å². The Hall–Kier alpha value is -1.64. The molecule has 7 nitrogen and oxygen atoms in total. The smallest absolute Gasteiger partial charge is 0.324 e. The Bertz CT molecular complexity index is 660. The molecule has 0 radical (unpaired) electrons. The maximum atomic E-state index is 12.4. The van der Waals surface area contributed by atoms with Gasteiger partial charge in [0.15, 0.2) is 0 Å². The van der Waals surface area contributed by atoms with E-state index >= 15 is 0 Å². The highest BCUT2D eigenvalue weighted by molar-refractivity contribution is 7.93. The average molecular weight is 327 g/mol. The zero-order valence-electron chi connectivity index (χ0n) is 12.8. The number of carbonyl (C=O) groups is 1. The zero-order chi connectivity index (χ0) is 16.3. The van der Waals surface area contributed by atoms with Crippen molar-refractivity contribution in [3.63, 3.8) is 0 Å². The van der Waals surface area contributed by atoms with Gasteiger partial charge < -0.3 is 4.74 Å². The van der Waals surface area contributed by atoms with E-state index in [1.165, 1.54) is 0 Å². The SMILES string of the molecule is CCOC(=O)C1CC(S(=O)(=O)Nc2cccc(C)c2C)NN1. The quantitative estimate of drug-likeness (QED) is 0.692. The number of rotatable bonds is 5. The molecule has 3 N–H and O–H groups in total. The number of anilines is 1. The van der Waals surface area contributed by atoms with Crippen LogP contribution in [0.25, 0.3) is 0 Å². The first-order valence-corrected chi connectivity index (χ1v) is 8.65. The van der Waals surface area contributed by atoms with E-state index in [0.29, 0.717) is 5.69 Å². The summed E-state index contributed by atoms with van der Waals surface area (Å²) in [6, 6.07) is 4.76. The third kappa shape index (κ3) is 3.57. The zero-order valence-corrected chi connectivity index (χ0v) is 13.7. The number of hydrogen-bond donors (Lipinski definition) is 3. The highest BCUT2D eigenvalue weighted by Gasteiger charge is 2.38. The maximum Gasteiger partial charge on any atom is 0.324 e. The van der Waals surface area contributed by atoms with Crippen molar-refractivity contribution in [2.24, 2.45) is 0 Å². The van der Waals surface area contributed by atoms with E-state index in [1.54, 1.807) is 19.1 Å². The summed E-state index contributed by atoms with van der Waals surface area (Å²) in [5, 5.41) is -0.901. The van der Waals surface area contributed by atoms with Crippen molar-refractivity contribution in [2.45, 2.75) is 38.6 Å². The predicted octanol–water partition coefficient (Wildman–Crippen LogP) is 0.801. The number of nitrogens with one attached hydrogen (secondary N) is 3. The van der Waals surface area contributed by atoms with E-state index in [9.17, 15) is 13.2 Å². The monoisotopic (exact) mass is 327 g/mol. The Morgan fingerprint density at radius 2 is 2.09 bits per heavy atom. The normalized spacial score (nSPS) is 21.6. The lowest BCUT2D eigenvalue weighted by Crippen LogP contribution is -2.41. The average Bonchev–Trinajstić information content (AvgIpc) is 2.95. The van der Waals surface area contributed by atoms with Gasteiger partial charge >= 0.3 is 5.97 Å². The van der Waals surface area contributed by atoms with Crippen molar-refractivity contribution in [2.75, 3.05) is 11.3 Å². The molecule has 0 saturated carbocycles. The third-order valence-corrected chi connectivity index (χ3v) is 5.23. The Morgan fingerprint density at radius 3 is 2.77 bits per heavy atom. The molecule has 1 aliphatic rings. The van der Waals surface area contributed by atoms with E-state index in [1.807, 2.05) is 19.9 Å². The van der Waals surface area contributed by atoms with Crippen LogP contribution in [0.5, 0.6) is 0 Å². The van der Waals surface area contributed by atoms with Gasteiger partial charge in [0.2, 0.25) is 10.0 Å². The summed E-state index contributed by atoms with van der Waals surface area (Å²) in [4.78, 5) is 11.6. The molecule has 22 heavy (non-hydrogen) atoms. The van der Waals surface area contributed by atoms with Crippen LogP contribution in [0.3, 0.4) is 0 Å². The van der Waals surface area contributed by atoms with Gasteiger partial charge in [0.1, 0.15) is 11.4 Å². The van der Waals surface area contributed by atoms with Crippen LogP contribution >= 0.6 is 0 Å². The molecule has 1 saturated heterocycles. The molecule has 1 aromatic rings. The molecule has 1 aromatic carbocycles. The fraction of sp³-hybridized carbons (Fsp3) is 0.500. The second-order valence-electron chi connectivity index (χ2n) is 5.21. The summed E-state index contributed by atoms with van der Waals surface area (Å²) < 4.78 is 32.3. The largest absolute Gasteiger partial charge is 0.465 e.